The molecule has 51 heavy (non-hydrogen) atoms. The first kappa shape index (κ1) is 36.0. The molecule has 1 fully saturated rings. The minimum atomic E-state index is -2.96. The summed E-state index contributed by atoms with van der Waals surface area (Å²) in [7, 11) is 0. The Bertz CT molecular complexity index is 1970. The zero-order valence-electron chi connectivity index (χ0n) is 28.4. The van der Waals surface area contributed by atoms with Crippen LogP contribution >= 0.6 is 11.6 Å². The maximum atomic E-state index is 14.9. The highest BCUT2D eigenvalue weighted by molar-refractivity contribution is 6.32. The number of guanidine groups is 1. The average molecular weight is 729 g/mol. The number of ether oxygens (including phenoxy) is 1. The van der Waals surface area contributed by atoms with E-state index in [0.29, 0.717) is 21.4 Å². The summed E-state index contributed by atoms with van der Waals surface area (Å²) in [5, 5.41) is 7.72. The standard InChI is InChI=1S/C35H37ClF4N8O3/c1-33(2,3)18-35(22-8-5-20(6-9-22)24-11-14-43-48(24)31(39)40)30(50)46(32(41)45-35)26(17-51-27(49)16-34(4)12-13-34)21-7-10-23(36)25(15-21)47-29(28(37)38)42-19-44-47/h5-11,14-15,19,26,28,31H,12-13,16-18H2,1-4H3,(H2,41,45)/t26-,35-/m1/s1. The van der Waals surface area contributed by atoms with Gasteiger partial charge in [0, 0.05) is 11.8 Å². The summed E-state index contributed by atoms with van der Waals surface area (Å²) >= 11 is 6.47. The first-order valence-corrected chi connectivity index (χ1v) is 16.6. The second-order valence-corrected chi connectivity index (χ2v) is 14.9. The van der Waals surface area contributed by atoms with Gasteiger partial charge in [-0.3, -0.25) is 14.5 Å². The quantitative estimate of drug-likeness (QED) is 0.119. The fraction of sp³-hybridized carbons (Fsp3) is 0.429. The maximum Gasteiger partial charge on any atom is 0.333 e. The van der Waals surface area contributed by atoms with Crippen molar-refractivity contribution in [2.75, 3.05) is 6.61 Å². The SMILES string of the molecule is CC(C)(C)C[C@]1(c2ccc(-c3ccnn3C(F)F)cc2)N=C(N)N([C@H](COC(=O)CC2(C)CC2)c2ccc(Cl)c(-n3ncnc3C(F)F)c2)C1=O. The van der Waals surface area contributed by atoms with Crippen molar-refractivity contribution in [2.45, 2.75) is 77.9 Å². The summed E-state index contributed by atoms with van der Waals surface area (Å²) in [6.45, 7) is 4.61. The Hall–Kier alpha value is -4.79. The summed E-state index contributed by atoms with van der Waals surface area (Å²) in [4.78, 5) is 37.6. The first-order valence-electron chi connectivity index (χ1n) is 16.3. The highest BCUT2D eigenvalue weighted by Crippen LogP contribution is 2.49. The molecule has 0 saturated heterocycles. The molecule has 2 atom stereocenters. The van der Waals surface area contributed by atoms with Crippen LogP contribution in [-0.2, 0) is 19.9 Å². The number of hydrogen-bond donors (Lipinski definition) is 1. The molecule has 16 heteroatoms. The number of halogens is 5. The highest BCUT2D eigenvalue weighted by atomic mass is 35.5. The fourth-order valence-corrected chi connectivity index (χ4v) is 6.65. The fourth-order valence-electron chi connectivity index (χ4n) is 6.46. The van der Waals surface area contributed by atoms with Crippen molar-refractivity contribution in [1.82, 2.24) is 29.4 Å². The molecule has 2 aromatic carbocycles. The minimum absolute atomic E-state index is 0.0607. The van der Waals surface area contributed by atoms with E-state index in [1.54, 1.807) is 30.3 Å². The minimum Gasteiger partial charge on any atom is -0.463 e. The van der Waals surface area contributed by atoms with Crippen molar-refractivity contribution < 1.29 is 31.9 Å². The van der Waals surface area contributed by atoms with Gasteiger partial charge in [0.05, 0.1) is 28.9 Å². The van der Waals surface area contributed by atoms with Crippen molar-refractivity contribution in [2.24, 2.45) is 21.6 Å². The van der Waals surface area contributed by atoms with Gasteiger partial charge in [-0.25, -0.2) is 28.1 Å². The molecule has 1 amide bonds. The van der Waals surface area contributed by atoms with E-state index in [1.807, 2.05) is 27.7 Å². The van der Waals surface area contributed by atoms with Crippen LogP contribution in [0.5, 0.6) is 0 Å². The number of esters is 1. The number of aliphatic imine (C=N–C) groups is 1. The molecule has 0 bridgehead atoms. The van der Waals surface area contributed by atoms with E-state index in [9.17, 15) is 27.2 Å². The molecule has 11 nitrogen and oxygen atoms in total. The third kappa shape index (κ3) is 7.21. The molecule has 3 heterocycles. The van der Waals surface area contributed by atoms with Gasteiger partial charge in [-0.1, -0.05) is 69.6 Å². The van der Waals surface area contributed by atoms with E-state index in [0.717, 1.165) is 23.9 Å². The van der Waals surface area contributed by atoms with Crippen LogP contribution in [0.3, 0.4) is 0 Å². The Morgan fingerprint density at radius 2 is 1.76 bits per heavy atom. The van der Waals surface area contributed by atoms with Crippen LogP contribution in [0.1, 0.15) is 89.3 Å². The topological polar surface area (TPSA) is 134 Å². The van der Waals surface area contributed by atoms with Crippen LogP contribution < -0.4 is 5.73 Å². The van der Waals surface area contributed by atoms with E-state index in [-0.39, 0.29) is 47.2 Å². The molecule has 2 N–H and O–H groups in total. The number of carbonyl (C=O) groups excluding carboxylic acids is 2. The van der Waals surface area contributed by atoms with Gasteiger partial charge >= 0.3 is 12.5 Å². The lowest BCUT2D eigenvalue weighted by Gasteiger charge is -2.35. The second kappa shape index (κ2) is 13.4. The number of carbonyl (C=O) groups is 2. The molecule has 0 radical (unpaired) electrons. The van der Waals surface area contributed by atoms with Gasteiger partial charge in [0.15, 0.2) is 17.3 Å². The van der Waals surface area contributed by atoms with Gasteiger partial charge < -0.3 is 10.5 Å². The van der Waals surface area contributed by atoms with E-state index in [4.69, 9.17) is 27.1 Å². The lowest BCUT2D eigenvalue weighted by molar-refractivity contribution is -0.148. The third-order valence-corrected chi connectivity index (χ3v) is 9.48. The number of nitrogens with zero attached hydrogens (tertiary/aromatic N) is 7. The molecule has 1 aliphatic heterocycles. The predicted molar refractivity (Wildman–Crippen MR) is 180 cm³/mol. The van der Waals surface area contributed by atoms with E-state index >= 15 is 0 Å². The monoisotopic (exact) mass is 728 g/mol. The molecule has 1 aliphatic carbocycles. The molecule has 2 aliphatic rings. The third-order valence-electron chi connectivity index (χ3n) is 9.17. The van der Waals surface area contributed by atoms with Crippen LogP contribution in [0.2, 0.25) is 5.02 Å². The Morgan fingerprint density at radius 3 is 2.39 bits per heavy atom. The van der Waals surface area contributed by atoms with Crippen LogP contribution in [-0.4, -0.2) is 53.9 Å². The number of benzene rings is 2. The molecule has 4 aromatic rings. The van der Waals surface area contributed by atoms with E-state index < -0.39 is 47.7 Å². The summed E-state index contributed by atoms with van der Waals surface area (Å²) in [5.74, 6) is -1.80. The number of aromatic nitrogens is 5. The van der Waals surface area contributed by atoms with Gasteiger partial charge in [0.25, 0.3) is 12.3 Å². The van der Waals surface area contributed by atoms with E-state index in [2.05, 4.69) is 15.2 Å². The molecular weight excluding hydrogens is 692 g/mol. The molecule has 270 valence electrons. The zero-order chi connectivity index (χ0) is 36.9. The predicted octanol–water partition coefficient (Wildman–Crippen LogP) is 7.38. The Balaban J connectivity index is 1.42. The Labute approximate surface area is 296 Å². The van der Waals surface area contributed by atoms with E-state index in [1.165, 1.54) is 29.3 Å². The van der Waals surface area contributed by atoms with Crippen molar-refractivity contribution in [3.8, 4) is 16.9 Å². The number of rotatable bonds is 12. The molecule has 0 spiro atoms. The van der Waals surface area contributed by atoms with Crippen LogP contribution in [0.4, 0.5) is 17.6 Å². The first-order chi connectivity index (χ1) is 24.0. The van der Waals surface area contributed by atoms with Crippen molar-refractivity contribution in [3.63, 3.8) is 0 Å². The van der Waals surface area contributed by atoms with Gasteiger partial charge in [0.1, 0.15) is 12.9 Å². The normalized spacial score (nSPS) is 19.2. The summed E-state index contributed by atoms with van der Waals surface area (Å²) in [5.41, 5.74) is 5.93. The van der Waals surface area contributed by atoms with Crippen molar-refractivity contribution in [1.29, 1.82) is 0 Å². The molecule has 6 rings (SSSR count). The Morgan fingerprint density at radius 1 is 1.06 bits per heavy atom. The molecule has 1 saturated carbocycles. The van der Waals surface area contributed by atoms with Crippen LogP contribution in [0.25, 0.3) is 16.9 Å². The number of nitrogens with two attached hydrogens (primary N) is 1. The average Bonchev–Trinajstić information content (AvgIpc) is 3.42. The summed E-state index contributed by atoms with van der Waals surface area (Å²) in [6, 6.07) is 11.4. The molecule has 0 unspecified atom stereocenters. The smallest absolute Gasteiger partial charge is 0.333 e. The number of hydrogen-bond acceptors (Lipinski definition) is 8. The Kier molecular flexibility index (Phi) is 9.46. The van der Waals surface area contributed by atoms with Crippen molar-refractivity contribution in [3.05, 3.63) is 83.0 Å². The summed E-state index contributed by atoms with van der Waals surface area (Å²) < 4.78 is 62.1. The van der Waals surface area contributed by atoms with Crippen molar-refractivity contribution >= 4 is 29.4 Å². The van der Waals surface area contributed by atoms with Crippen LogP contribution in [0, 0.1) is 10.8 Å². The summed E-state index contributed by atoms with van der Waals surface area (Å²) in [6.07, 6.45) is 1.44. The van der Waals surface area contributed by atoms with Crippen LogP contribution in [0.15, 0.2) is 66.0 Å². The molecule has 2 aromatic heterocycles. The molecular formula is C35H37ClF4N8O3. The number of alkyl halides is 4. The lowest BCUT2D eigenvalue weighted by Crippen LogP contribution is -2.47. The largest absolute Gasteiger partial charge is 0.463 e. The lowest BCUT2D eigenvalue weighted by atomic mass is 9.75. The van der Waals surface area contributed by atoms with Gasteiger partial charge in [-0.2, -0.15) is 19.0 Å². The van der Waals surface area contributed by atoms with Gasteiger partial charge in [0.2, 0.25) is 0 Å². The van der Waals surface area contributed by atoms with Gasteiger partial charge in [-0.15, -0.1) is 0 Å². The maximum absolute atomic E-state index is 14.9. The number of amides is 1. The highest BCUT2D eigenvalue weighted by Gasteiger charge is 2.53. The zero-order valence-corrected chi connectivity index (χ0v) is 29.1. The van der Waals surface area contributed by atoms with Gasteiger partial charge in [-0.05, 0) is 59.4 Å². The second-order valence-electron chi connectivity index (χ2n) is 14.5.